The van der Waals surface area contributed by atoms with E-state index in [4.69, 9.17) is 4.74 Å². The predicted molar refractivity (Wildman–Crippen MR) is 101 cm³/mol. The molecule has 0 saturated carbocycles. The summed E-state index contributed by atoms with van der Waals surface area (Å²) >= 11 is 1.27. The molecule has 1 saturated heterocycles. The number of nitrogens with one attached hydrogen (secondary N) is 1. The molecule has 1 aliphatic heterocycles. The number of rotatable bonds is 5. The van der Waals surface area contributed by atoms with Crippen LogP contribution in [0.4, 0.5) is 10.9 Å². The van der Waals surface area contributed by atoms with Crippen LogP contribution in [0.25, 0.3) is 0 Å². The van der Waals surface area contributed by atoms with Gasteiger partial charge in [-0.3, -0.25) is 14.8 Å². The summed E-state index contributed by atoms with van der Waals surface area (Å²) in [5.41, 5.74) is 3.17. The first-order valence-electron chi connectivity index (χ1n) is 8.56. The van der Waals surface area contributed by atoms with Crippen LogP contribution in [-0.2, 0) is 11.3 Å². The number of aromatic nitrogens is 5. The van der Waals surface area contributed by atoms with Crippen molar-refractivity contribution >= 4 is 28.2 Å². The molecule has 1 amide bonds. The molecule has 4 heterocycles. The average Bonchev–Trinajstić information content (AvgIpc) is 3.34. The Kier molecular flexibility index (Phi) is 5.07. The minimum absolute atomic E-state index is 0.0419. The van der Waals surface area contributed by atoms with Crippen molar-refractivity contribution in [3.63, 3.8) is 0 Å². The maximum Gasteiger partial charge on any atom is 0.259 e. The van der Waals surface area contributed by atoms with E-state index in [0.29, 0.717) is 23.8 Å². The fourth-order valence-corrected chi connectivity index (χ4v) is 3.36. The van der Waals surface area contributed by atoms with Crippen LogP contribution >= 0.6 is 11.3 Å². The summed E-state index contributed by atoms with van der Waals surface area (Å²) < 4.78 is 7.76. The molecule has 0 bridgehead atoms. The zero-order valence-electron chi connectivity index (χ0n) is 14.8. The standard InChI is InChI=1S/C17H19N7O2S/c1-12-6-20-24(8-12)10-14-9-23(4-5-26-14)15-3-2-13(7-18-15)16(25)21-17-22-19-11-27-17/h2-3,6-8,11,14H,4-5,9-10H2,1H3,(H,21,22,25). The molecule has 1 fully saturated rings. The fourth-order valence-electron chi connectivity index (χ4n) is 2.92. The van der Waals surface area contributed by atoms with Crippen molar-refractivity contribution in [3.05, 3.63) is 47.4 Å². The van der Waals surface area contributed by atoms with Crippen LogP contribution in [0.1, 0.15) is 15.9 Å². The molecule has 3 aromatic heterocycles. The molecule has 0 aromatic carbocycles. The molecule has 4 rings (SSSR count). The number of hydrogen-bond donors (Lipinski definition) is 1. The molecule has 0 aliphatic carbocycles. The molecule has 1 unspecified atom stereocenters. The smallest absolute Gasteiger partial charge is 0.259 e. The van der Waals surface area contributed by atoms with Gasteiger partial charge in [-0.05, 0) is 24.6 Å². The lowest BCUT2D eigenvalue weighted by atomic mass is 10.2. The number of aryl methyl sites for hydroxylation is 1. The van der Waals surface area contributed by atoms with E-state index in [2.05, 4.69) is 30.5 Å². The van der Waals surface area contributed by atoms with Gasteiger partial charge in [-0.1, -0.05) is 11.3 Å². The second-order valence-corrected chi connectivity index (χ2v) is 7.11. The highest BCUT2D eigenvalue weighted by Gasteiger charge is 2.22. The molecule has 1 N–H and O–H groups in total. The number of ether oxygens (including phenoxy) is 1. The lowest BCUT2D eigenvalue weighted by Gasteiger charge is -2.33. The number of anilines is 2. The van der Waals surface area contributed by atoms with E-state index in [1.54, 1.807) is 17.8 Å². The SMILES string of the molecule is Cc1cnn(CC2CN(c3ccc(C(=O)Nc4nncs4)cn3)CCO2)c1. The molecule has 140 valence electrons. The lowest BCUT2D eigenvalue weighted by molar-refractivity contribution is 0.0272. The van der Waals surface area contributed by atoms with Crippen LogP contribution in [0.15, 0.2) is 36.2 Å². The highest BCUT2D eigenvalue weighted by atomic mass is 32.1. The minimum Gasteiger partial charge on any atom is -0.373 e. The maximum absolute atomic E-state index is 12.2. The molecule has 1 aliphatic rings. The van der Waals surface area contributed by atoms with Crippen LogP contribution in [0.3, 0.4) is 0 Å². The Bertz CT molecular complexity index is 894. The lowest BCUT2D eigenvalue weighted by Crippen LogP contribution is -2.44. The Balaban J connectivity index is 1.38. The normalized spacial score (nSPS) is 17.1. The Morgan fingerprint density at radius 3 is 3.04 bits per heavy atom. The van der Waals surface area contributed by atoms with Gasteiger partial charge in [0.05, 0.1) is 31.0 Å². The minimum atomic E-state index is -0.250. The van der Waals surface area contributed by atoms with E-state index < -0.39 is 0 Å². The van der Waals surface area contributed by atoms with Crippen molar-refractivity contribution in [2.45, 2.75) is 19.6 Å². The maximum atomic E-state index is 12.2. The van der Waals surface area contributed by atoms with Crippen molar-refractivity contribution in [2.75, 3.05) is 29.9 Å². The molecule has 3 aromatic rings. The van der Waals surface area contributed by atoms with Crippen LogP contribution in [0.2, 0.25) is 0 Å². The summed E-state index contributed by atoms with van der Waals surface area (Å²) in [6.07, 6.45) is 5.47. The van der Waals surface area contributed by atoms with Crippen LogP contribution < -0.4 is 10.2 Å². The first-order valence-corrected chi connectivity index (χ1v) is 9.44. The highest BCUT2D eigenvalue weighted by molar-refractivity contribution is 7.13. The van der Waals surface area contributed by atoms with Crippen molar-refractivity contribution in [1.82, 2.24) is 25.0 Å². The summed E-state index contributed by atoms with van der Waals surface area (Å²) in [7, 11) is 0. The number of nitrogens with zero attached hydrogens (tertiary/aromatic N) is 6. The van der Waals surface area contributed by atoms with E-state index in [1.165, 1.54) is 11.3 Å². The van der Waals surface area contributed by atoms with E-state index in [-0.39, 0.29) is 12.0 Å². The first-order chi connectivity index (χ1) is 13.2. The number of carbonyl (C=O) groups excluding carboxylic acids is 1. The van der Waals surface area contributed by atoms with E-state index in [1.807, 2.05) is 30.1 Å². The van der Waals surface area contributed by atoms with Gasteiger partial charge in [-0.15, -0.1) is 10.2 Å². The van der Waals surface area contributed by atoms with Crippen LogP contribution in [0, 0.1) is 6.92 Å². The molecular weight excluding hydrogens is 366 g/mol. The topological polar surface area (TPSA) is 98.1 Å². The van der Waals surface area contributed by atoms with Gasteiger partial charge in [0.15, 0.2) is 0 Å². The summed E-state index contributed by atoms with van der Waals surface area (Å²) in [6.45, 7) is 4.84. The van der Waals surface area contributed by atoms with Gasteiger partial charge >= 0.3 is 0 Å². The quantitative estimate of drug-likeness (QED) is 0.712. The molecule has 9 nitrogen and oxygen atoms in total. The van der Waals surface area contributed by atoms with Crippen molar-refractivity contribution in [1.29, 1.82) is 0 Å². The molecule has 0 radical (unpaired) electrons. The van der Waals surface area contributed by atoms with Gasteiger partial charge in [-0.2, -0.15) is 5.10 Å². The average molecular weight is 385 g/mol. The highest BCUT2D eigenvalue weighted by Crippen LogP contribution is 2.17. The van der Waals surface area contributed by atoms with Crippen molar-refractivity contribution < 1.29 is 9.53 Å². The van der Waals surface area contributed by atoms with Gasteiger partial charge in [0.25, 0.3) is 5.91 Å². The Morgan fingerprint density at radius 2 is 2.33 bits per heavy atom. The zero-order valence-corrected chi connectivity index (χ0v) is 15.6. The molecular formula is C17H19N7O2S. The van der Waals surface area contributed by atoms with Gasteiger partial charge in [0, 0.05) is 25.5 Å². The van der Waals surface area contributed by atoms with Crippen LogP contribution in [-0.4, -0.2) is 56.7 Å². The largest absolute Gasteiger partial charge is 0.373 e. The summed E-state index contributed by atoms with van der Waals surface area (Å²) in [5, 5.41) is 15.0. The van der Waals surface area contributed by atoms with Gasteiger partial charge < -0.3 is 9.64 Å². The second kappa shape index (κ2) is 7.80. The summed E-state index contributed by atoms with van der Waals surface area (Å²) in [4.78, 5) is 18.8. The molecule has 10 heteroatoms. The Hall–Kier alpha value is -2.85. The number of morpholine rings is 1. The van der Waals surface area contributed by atoms with Crippen LogP contribution in [0.5, 0.6) is 0 Å². The first kappa shape index (κ1) is 17.6. The molecule has 0 spiro atoms. The third-order valence-electron chi connectivity index (χ3n) is 4.21. The van der Waals surface area contributed by atoms with Gasteiger partial charge in [-0.25, -0.2) is 4.98 Å². The fraction of sp³-hybridized carbons (Fsp3) is 0.353. The van der Waals surface area contributed by atoms with Crippen molar-refractivity contribution in [2.24, 2.45) is 0 Å². The predicted octanol–water partition coefficient (Wildman–Crippen LogP) is 1.60. The third-order valence-corrected chi connectivity index (χ3v) is 4.81. The molecule has 1 atom stereocenters. The zero-order chi connectivity index (χ0) is 18.6. The number of carbonyl (C=O) groups is 1. The van der Waals surface area contributed by atoms with E-state index in [9.17, 15) is 4.79 Å². The summed E-state index contributed by atoms with van der Waals surface area (Å²) in [5.74, 6) is 0.576. The Morgan fingerprint density at radius 1 is 1.41 bits per heavy atom. The summed E-state index contributed by atoms with van der Waals surface area (Å²) in [6, 6.07) is 3.62. The number of pyridine rings is 1. The van der Waals surface area contributed by atoms with Crippen molar-refractivity contribution in [3.8, 4) is 0 Å². The van der Waals surface area contributed by atoms with E-state index >= 15 is 0 Å². The number of hydrogen-bond acceptors (Lipinski definition) is 8. The monoisotopic (exact) mass is 385 g/mol. The van der Waals surface area contributed by atoms with Gasteiger partial charge in [0.2, 0.25) is 5.13 Å². The molecule has 27 heavy (non-hydrogen) atoms. The second-order valence-electron chi connectivity index (χ2n) is 6.28. The van der Waals surface area contributed by atoms with Gasteiger partial charge in [0.1, 0.15) is 11.3 Å². The third kappa shape index (κ3) is 4.29. The number of amides is 1. The van der Waals surface area contributed by atoms with E-state index in [0.717, 1.165) is 24.5 Å². The Labute approximate surface area is 160 Å².